The Kier molecular flexibility index (Phi) is 6.81. The number of anilines is 1. The van der Waals surface area contributed by atoms with E-state index in [2.05, 4.69) is 16.1 Å². The zero-order valence-electron chi connectivity index (χ0n) is 15.8. The van der Waals surface area contributed by atoms with Crippen LogP contribution < -0.4 is 19.7 Å². The van der Waals surface area contributed by atoms with Crippen molar-refractivity contribution in [1.82, 2.24) is 5.32 Å². The van der Waals surface area contributed by atoms with Crippen LogP contribution in [0.4, 0.5) is 14.5 Å². The molecule has 3 rings (SSSR count). The molecule has 0 aromatic heterocycles. The molecule has 0 fully saturated rings. The molecule has 0 saturated carbocycles. The van der Waals surface area contributed by atoms with E-state index >= 15 is 0 Å². The maximum Gasteiger partial charge on any atom is 0.387 e. The second kappa shape index (κ2) is 9.50. The number of hydrogen-bond acceptors (Lipinski definition) is 4. The van der Waals surface area contributed by atoms with Gasteiger partial charge >= 0.3 is 6.61 Å². The monoisotopic (exact) mass is 390 g/mol. The Balaban J connectivity index is 1.59. The average Bonchev–Trinajstić information content (AvgIpc) is 2.69. The zero-order valence-corrected chi connectivity index (χ0v) is 15.8. The molecule has 0 atom stereocenters. The molecular weight excluding hydrogens is 366 g/mol. The van der Waals surface area contributed by atoms with Gasteiger partial charge in [-0.15, -0.1) is 0 Å². The Bertz CT molecular complexity index is 814. The van der Waals surface area contributed by atoms with Gasteiger partial charge in [-0.1, -0.05) is 24.3 Å². The summed E-state index contributed by atoms with van der Waals surface area (Å²) in [7, 11) is 0. The topological polar surface area (TPSA) is 50.8 Å². The summed E-state index contributed by atoms with van der Waals surface area (Å²) in [6.45, 7) is 0.513. The number of halogens is 2. The van der Waals surface area contributed by atoms with Crippen LogP contribution in [-0.4, -0.2) is 32.2 Å². The molecule has 7 heteroatoms. The van der Waals surface area contributed by atoms with Crippen LogP contribution in [0.5, 0.6) is 11.5 Å². The second-order valence-corrected chi connectivity index (χ2v) is 6.47. The second-order valence-electron chi connectivity index (χ2n) is 6.47. The van der Waals surface area contributed by atoms with Crippen molar-refractivity contribution >= 4 is 11.6 Å². The summed E-state index contributed by atoms with van der Waals surface area (Å²) in [4.78, 5) is 14.4. The molecule has 0 saturated heterocycles. The molecule has 2 aromatic rings. The number of alkyl halides is 2. The number of fused-ring (bicyclic) bond motifs is 1. The third kappa shape index (κ3) is 4.98. The molecule has 0 radical (unpaired) electrons. The predicted molar refractivity (Wildman–Crippen MR) is 103 cm³/mol. The minimum atomic E-state index is -2.91. The molecule has 1 aliphatic rings. The van der Waals surface area contributed by atoms with Crippen molar-refractivity contribution in [3.8, 4) is 11.5 Å². The van der Waals surface area contributed by atoms with Gasteiger partial charge in [0, 0.05) is 18.8 Å². The molecule has 0 bridgehead atoms. The number of carbonyl (C=O) groups is 1. The van der Waals surface area contributed by atoms with Gasteiger partial charge in [-0.2, -0.15) is 8.78 Å². The maximum atomic E-state index is 12.6. The Morgan fingerprint density at radius 1 is 1.21 bits per heavy atom. The van der Waals surface area contributed by atoms with E-state index < -0.39 is 6.61 Å². The summed E-state index contributed by atoms with van der Waals surface area (Å²) >= 11 is 0. The number of nitrogens with one attached hydrogen (secondary N) is 1. The molecular formula is C21H24F2N2O3. The number of ether oxygens (including phenoxy) is 2. The minimum absolute atomic E-state index is 0.00148. The quantitative estimate of drug-likeness (QED) is 0.746. The summed E-state index contributed by atoms with van der Waals surface area (Å²) in [5, 5.41) is 3.12. The Hall–Kier alpha value is -2.67. The highest BCUT2D eigenvalue weighted by Gasteiger charge is 2.21. The third-order valence-corrected chi connectivity index (χ3v) is 4.54. The molecule has 1 aliphatic heterocycles. The largest absolute Gasteiger partial charge is 0.490 e. The first-order chi connectivity index (χ1) is 13.6. The van der Waals surface area contributed by atoms with Crippen molar-refractivity contribution in [3.63, 3.8) is 0 Å². The number of nitrogens with zero attached hydrogens (tertiary/aromatic N) is 1. The van der Waals surface area contributed by atoms with E-state index in [1.54, 1.807) is 19.1 Å². The minimum Gasteiger partial charge on any atom is -0.490 e. The van der Waals surface area contributed by atoms with Gasteiger partial charge in [0.25, 0.3) is 0 Å². The van der Waals surface area contributed by atoms with Gasteiger partial charge in [-0.3, -0.25) is 4.79 Å². The van der Waals surface area contributed by atoms with Crippen LogP contribution in [0.1, 0.15) is 24.5 Å². The van der Waals surface area contributed by atoms with E-state index in [0.717, 1.165) is 24.1 Å². The average molecular weight is 390 g/mol. The number of carbonyl (C=O) groups excluding carboxylic acids is 1. The van der Waals surface area contributed by atoms with E-state index in [1.165, 1.54) is 11.6 Å². The van der Waals surface area contributed by atoms with E-state index in [0.29, 0.717) is 19.7 Å². The van der Waals surface area contributed by atoms with E-state index in [4.69, 9.17) is 4.74 Å². The van der Waals surface area contributed by atoms with Gasteiger partial charge in [-0.05, 0) is 49.1 Å². The maximum absolute atomic E-state index is 12.6. The smallest absolute Gasteiger partial charge is 0.387 e. The highest BCUT2D eigenvalue weighted by molar-refractivity contribution is 5.95. The molecule has 0 aliphatic carbocycles. The van der Waals surface area contributed by atoms with E-state index in [-0.39, 0.29) is 24.0 Å². The van der Waals surface area contributed by atoms with Gasteiger partial charge in [0.2, 0.25) is 5.91 Å². The standard InChI is InChI=1S/C21H24F2N2O3/c1-2-27-19-12-15(9-10-18(19)28-21(22)23)13-24-14-20(26)25-11-5-7-16-6-3-4-8-17(16)25/h3-4,6,8-10,12,21,24H,2,5,7,11,13-14H2,1H3. The number of aryl methyl sites for hydroxylation is 1. The molecule has 2 aromatic carbocycles. The Morgan fingerprint density at radius 2 is 2.04 bits per heavy atom. The fourth-order valence-corrected chi connectivity index (χ4v) is 3.33. The molecule has 1 heterocycles. The first-order valence-electron chi connectivity index (χ1n) is 9.38. The lowest BCUT2D eigenvalue weighted by atomic mass is 10.0. The summed E-state index contributed by atoms with van der Waals surface area (Å²) in [5.41, 5.74) is 2.99. The van der Waals surface area contributed by atoms with Gasteiger partial charge in [0.1, 0.15) is 0 Å². The zero-order chi connectivity index (χ0) is 19.9. The number of rotatable bonds is 8. The van der Waals surface area contributed by atoms with Gasteiger partial charge in [0.05, 0.1) is 13.2 Å². The van der Waals surface area contributed by atoms with Crippen LogP contribution in [0.15, 0.2) is 42.5 Å². The lowest BCUT2D eigenvalue weighted by molar-refractivity contribution is -0.117. The number of amides is 1. The van der Waals surface area contributed by atoms with Crippen LogP contribution in [0, 0.1) is 0 Å². The number of benzene rings is 2. The summed E-state index contributed by atoms with van der Waals surface area (Å²) in [6.07, 6.45) is 1.94. The van der Waals surface area contributed by atoms with Crippen LogP contribution in [-0.2, 0) is 17.8 Å². The molecule has 150 valence electrons. The van der Waals surface area contributed by atoms with E-state index in [1.807, 2.05) is 23.1 Å². The van der Waals surface area contributed by atoms with Crippen molar-refractivity contribution in [3.05, 3.63) is 53.6 Å². The van der Waals surface area contributed by atoms with Crippen molar-refractivity contribution < 1.29 is 23.0 Å². The van der Waals surface area contributed by atoms with Gasteiger partial charge in [-0.25, -0.2) is 0 Å². The lowest BCUT2D eigenvalue weighted by Crippen LogP contribution is -2.41. The first-order valence-corrected chi connectivity index (χ1v) is 9.38. The van der Waals surface area contributed by atoms with Crippen molar-refractivity contribution in [2.75, 3.05) is 24.6 Å². The summed E-state index contributed by atoms with van der Waals surface area (Å²) < 4.78 is 34.8. The number of para-hydroxylation sites is 1. The Labute approximate surface area is 163 Å². The molecule has 0 spiro atoms. The normalized spacial score (nSPS) is 13.4. The van der Waals surface area contributed by atoms with Crippen LogP contribution in [0.2, 0.25) is 0 Å². The summed E-state index contributed by atoms with van der Waals surface area (Å²) in [6, 6.07) is 12.7. The highest BCUT2D eigenvalue weighted by Crippen LogP contribution is 2.30. The molecule has 1 amide bonds. The highest BCUT2D eigenvalue weighted by atomic mass is 19.3. The first kappa shape index (κ1) is 20.1. The fraction of sp³-hybridized carbons (Fsp3) is 0.381. The molecule has 5 nitrogen and oxygen atoms in total. The predicted octanol–water partition coefficient (Wildman–Crippen LogP) is 3.76. The fourth-order valence-electron chi connectivity index (χ4n) is 3.33. The van der Waals surface area contributed by atoms with Gasteiger partial charge < -0.3 is 19.7 Å². The SMILES string of the molecule is CCOc1cc(CNCC(=O)N2CCCc3ccccc32)ccc1OC(F)F. The van der Waals surface area contributed by atoms with Crippen molar-refractivity contribution in [2.24, 2.45) is 0 Å². The lowest BCUT2D eigenvalue weighted by Gasteiger charge is -2.29. The van der Waals surface area contributed by atoms with Crippen LogP contribution >= 0.6 is 0 Å². The van der Waals surface area contributed by atoms with Crippen molar-refractivity contribution in [1.29, 1.82) is 0 Å². The molecule has 1 N–H and O–H groups in total. The Morgan fingerprint density at radius 3 is 2.82 bits per heavy atom. The molecule has 28 heavy (non-hydrogen) atoms. The third-order valence-electron chi connectivity index (χ3n) is 4.54. The van der Waals surface area contributed by atoms with E-state index in [9.17, 15) is 13.6 Å². The van der Waals surface area contributed by atoms with Gasteiger partial charge in [0.15, 0.2) is 11.5 Å². The van der Waals surface area contributed by atoms with Crippen LogP contribution in [0.3, 0.4) is 0 Å². The van der Waals surface area contributed by atoms with Crippen molar-refractivity contribution in [2.45, 2.75) is 32.9 Å². The molecule has 0 unspecified atom stereocenters. The number of hydrogen-bond donors (Lipinski definition) is 1. The van der Waals surface area contributed by atoms with Crippen LogP contribution in [0.25, 0.3) is 0 Å². The summed E-state index contributed by atoms with van der Waals surface area (Å²) in [5.74, 6) is 0.273.